The van der Waals surface area contributed by atoms with Gasteiger partial charge in [-0.05, 0) is 46.5 Å². The number of benzene rings is 1. The molecule has 0 unspecified atom stereocenters. The maximum atomic E-state index is 13.2. The summed E-state index contributed by atoms with van der Waals surface area (Å²) in [5.74, 6) is -0.202. The molecule has 0 bridgehead atoms. The van der Waals surface area contributed by atoms with Crippen LogP contribution in [0, 0.1) is 5.82 Å². The van der Waals surface area contributed by atoms with Crippen LogP contribution in [0.4, 0.5) is 4.39 Å². The molecule has 0 heterocycles. The van der Waals surface area contributed by atoms with Gasteiger partial charge < -0.3 is 5.73 Å². The largest absolute Gasteiger partial charge is 0.330 e. The average Bonchev–Trinajstić information content (AvgIpc) is 2.33. The van der Waals surface area contributed by atoms with Crippen molar-refractivity contribution in [3.63, 3.8) is 0 Å². The Kier molecular flexibility index (Phi) is 3.65. The van der Waals surface area contributed by atoms with Crippen LogP contribution in [0.25, 0.3) is 0 Å². The molecule has 3 heteroatoms. The minimum absolute atomic E-state index is 0.0778. The van der Waals surface area contributed by atoms with Crippen LogP contribution in [0.3, 0.4) is 0 Å². The van der Waals surface area contributed by atoms with Crippen LogP contribution in [-0.4, -0.2) is 6.54 Å². The predicted octanol–water partition coefficient (Wildman–Crippen LogP) is 3.75. The first-order valence-corrected chi connectivity index (χ1v) is 6.63. The highest BCUT2D eigenvalue weighted by Gasteiger charge is 2.32. The number of rotatable bonds is 2. The lowest BCUT2D eigenvalue weighted by Crippen LogP contribution is -2.37. The fourth-order valence-corrected chi connectivity index (χ4v) is 3.04. The zero-order valence-electron chi connectivity index (χ0n) is 9.31. The zero-order valence-corrected chi connectivity index (χ0v) is 10.9. The first-order valence-electron chi connectivity index (χ1n) is 5.83. The molecule has 16 heavy (non-hydrogen) atoms. The van der Waals surface area contributed by atoms with Crippen LogP contribution < -0.4 is 5.73 Å². The average molecular weight is 286 g/mol. The quantitative estimate of drug-likeness (QED) is 0.880. The van der Waals surface area contributed by atoms with E-state index >= 15 is 0 Å². The molecule has 1 nitrogen and oxygen atoms in total. The van der Waals surface area contributed by atoms with Gasteiger partial charge >= 0.3 is 0 Å². The summed E-state index contributed by atoms with van der Waals surface area (Å²) in [5, 5.41) is 0. The van der Waals surface area contributed by atoms with Gasteiger partial charge in [0, 0.05) is 12.0 Å². The second-order valence-corrected chi connectivity index (χ2v) is 5.53. The van der Waals surface area contributed by atoms with Gasteiger partial charge in [0.2, 0.25) is 0 Å². The predicted molar refractivity (Wildman–Crippen MR) is 67.9 cm³/mol. The van der Waals surface area contributed by atoms with E-state index in [-0.39, 0.29) is 11.2 Å². The Morgan fingerprint density at radius 1 is 1.25 bits per heavy atom. The van der Waals surface area contributed by atoms with Gasteiger partial charge in [-0.1, -0.05) is 25.3 Å². The summed E-state index contributed by atoms with van der Waals surface area (Å²) in [5.41, 5.74) is 7.21. The first kappa shape index (κ1) is 12.1. The molecule has 0 spiro atoms. The van der Waals surface area contributed by atoms with Crippen LogP contribution in [0.15, 0.2) is 22.7 Å². The van der Waals surface area contributed by atoms with Crippen LogP contribution in [0.1, 0.15) is 37.7 Å². The maximum absolute atomic E-state index is 13.2. The van der Waals surface area contributed by atoms with Crippen molar-refractivity contribution in [3.8, 4) is 0 Å². The van der Waals surface area contributed by atoms with Crippen molar-refractivity contribution >= 4 is 15.9 Å². The third-order valence-corrected chi connectivity index (χ3v) is 4.34. The van der Waals surface area contributed by atoms with Crippen LogP contribution in [-0.2, 0) is 5.41 Å². The highest BCUT2D eigenvalue weighted by molar-refractivity contribution is 9.10. The second-order valence-electron chi connectivity index (χ2n) is 4.67. The van der Waals surface area contributed by atoms with E-state index in [2.05, 4.69) is 15.9 Å². The molecule has 0 aliphatic heterocycles. The van der Waals surface area contributed by atoms with E-state index < -0.39 is 0 Å². The smallest absolute Gasteiger partial charge is 0.137 e. The van der Waals surface area contributed by atoms with Gasteiger partial charge in [-0.25, -0.2) is 4.39 Å². The maximum Gasteiger partial charge on any atom is 0.137 e. The van der Waals surface area contributed by atoms with Gasteiger partial charge in [0.1, 0.15) is 5.82 Å². The van der Waals surface area contributed by atoms with Crippen molar-refractivity contribution < 1.29 is 4.39 Å². The van der Waals surface area contributed by atoms with Crippen LogP contribution >= 0.6 is 15.9 Å². The Labute approximate surface area is 104 Å². The summed E-state index contributed by atoms with van der Waals surface area (Å²) in [6.07, 6.45) is 6.01. The van der Waals surface area contributed by atoms with Crippen molar-refractivity contribution in [1.82, 2.24) is 0 Å². The summed E-state index contributed by atoms with van der Waals surface area (Å²) in [4.78, 5) is 0. The minimum atomic E-state index is -0.202. The normalized spacial score (nSPS) is 19.7. The first-order chi connectivity index (χ1) is 7.68. The summed E-state index contributed by atoms with van der Waals surface area (Å²) < 4.78 is 13.8. The number of halogens is 2. The summed E-state index contributed by atoms with van der Waals surface area (Å²) >= 11 is 3.25. The fourth-order valence-electron chi connectivity index (χ4n) is 2.67. The lowest BCUT2D eigenvalue weighted by Gasteiger charge is -2.37. The standard InChI is InChI=1S/C13H17BrFN/c14-11-8-10(4-5-12(11)15)13(9-16)6-2-1-3-7-13/h4-5,8H,1-3,6-7,9,16H2. The van der Waals surface area contributed by atoms with E-state index in [1.165, 1.54) is 30.9 Å². The Morgan fingerprint density at radius 2 is 1.94 bits per heavy atom. The molecule has 1 fully saturated rings. The third-order valence-electron chi connectivity index (χ3n) is 3.73. The Bertz CT molecular complexity index is 372. The van der Waals surface area contributed by atoms with E-state index in [9.17, 15) is 4.39 Å². The lowest BCUT2D eigenvalue weighted by atomic mass is 9.69. The highest BCUT2D eigenvalue weighted by atomic mass is 79.9. The van der Waals surface area contributed by atoms with E-state index in [4.69, 9.17) is 5.73 Å². The molecular weight excluding hydrogens is 269 g/mol. The molecule has 0 saturated heterocycles. The molecule has 1 aromatic rings. The topological polar surface area (TPSA) is 26.0 Å². The van der Waals surface area contributed by atoms with E-state index in [1.807, 2.05) is 12.1 Å². The fraction of sp³-hybridized carbons (Fsp3) is 0.538. The Balaban J connectivity index is 2.35. The lowest BCUT2D eigenvalue weighted by molar-refractivity contribution is 0.300. The minimum Gasteiger partial charge on any atom is -0.330 e. The molecular formula is C13H17BrFN. The second kappa shape index (κ2) is 4.84. The molecule has 1 aliphatic carbocycles. The van der Waals surface area contributed by atoms with Gasteiger partial charge in [0.05, 0.1) is 4.47 Å². The van der Waals surface area contributed by atoms with Gasteiger partial charge in [0.25, 0.3) is 0 Å². The van der Waals surface area contributed by atoms with E-state index in [0.29, 0.717) is 11.0 Å². The SMILES string of the molecule is NCC1(c2ccc(F)c(Br)c2)CCCCC1. The number of nitrogens with two attached hydrogens (primary N) is 1. The van der Waals surface area contributed by atoms with Gasteiger partial charge in [-0.2, -0.15) is 0 Å². The summed E-state index contributed by atoms with van der Waals surface area (Å²) in [7, 11) is 0. The summed E-state index contributed by atoms with van der Waals surface area (Å²) in [6, 6.07) is 5.32. The van der Waals surface area contributed by atoms with Gasteiger partial charge in [-0.3, -0.25) is 0 Å². The van der Waals surface area contributed by atoms with Crippen LogP contribution in [0.5, 0.6) is 0 Å². The monoisotopic (exact) mass is 285 g/mol. The molecule has 2 rings (SSSR count). The molecule has 0 radical (unpaired) electrons. The zero-order chi connectivity index (χ0) is 11.6. The molecule has 1 saturated carbocycles. The van der Waals surface area contributed by atoms with Crippen molar-refractivity contribution in [1.29, 1.82) is 0 Å². The molecule has 0 aromatic heterocycles. The molecule has 0 amide bonds. The molecule has 2 N–H and O–H groups in total. The Hall–Kier alpha value is -0.410. The molecule has 1 aromatic carbocycles. The molecule has 88 valence electrons. The van der Waals surface area contributed by atoms with Crippen molar-refractivity contribution in [2.75, 3.05) is 6.54 Å². The van der Waals surface area contributed by atoms with Crippen molar-refractivity contribution in [3.05, 3.63) is 34.1 Å². The van der Waals surface area contributed by atoms with E-state index in [0.717, 1.165) is 12.8 Å². The van der Waals surface area contributed by atoms with Crippen LogP contribution in [0.2, 0.25) is 0 Å². The van der Waals surface area contributed by atoms with Gasteiger partial charge in [-0.15, -0.1) is 0 Å². The van der Waals surface area contributed by atoms with Crippen molar-refractivity contribution in [2.45, 2.75) is 37.5 Å². The third kappa shape index (κ3) is 2.16. The number of hydrogen-bond donors (Lipinski definition) is 1. The highest BCUT2D eigenvalue weighted by Crippen LogP contribution is 2.39. The van der Waals surface area contributed by atoms with Gasteiger partial charge in [0.15, 0.2) is 0 Å². The van der Waals surface area contributed by atoms with E-state index in [1.54, 1.807) is 0 Å². The Morgan fingerprint density at radius 3 is 2.50 bits per heavy atom. The molecule has 0 atom stereocenters. The molecule has 1 aliphatic rings. The van der Waals surface area contributed by atoms with Crippen molar-refractivity contribution in [2.24, 2.45) is 5.73 Å². The number of hydrogen-bond acceptors (Lipinski definition) is 1. The summed E-state index contributed by atoms with van der Waals surface area (Å²) in [6.45, 7) is 0.658.